The number of benzene rings is 2. The zero-order chi connectivity index (χ0) is 14.9. The van der Waals surface area contributed by atoms with Crippen LogP contribution in [0.3, 0.4) is 0 Å². The van der Waals surface area contributed by atoms with Crippen LogP contribution in [0.2, 0.25) is 0 Å². The minimum Gasteiger partial charge on any atom is -0.253 e. The highest BCUT2D eigenvalue weighted by Gasteiger charge is 2.24. The Balaban J connectivity index is 2.53. The predicted molar refractivity (Wildman–Crippen MR) is 59.9 cm³/mol. The lowest BCUT2D eigenvalue weighted by Gasteiger charge is -2.03. The van der Waals surface area contributed by atoms with Crippen molar-refractivity contribution in [1.29, 1.82) is 0 Å². The standard InChI is InChI=1S/C13H5F6N/c14-7-3-1-2-4-8(7)20-5-6-9(15)11(17)13(19)12(18)10(6)16/h1-5H. The lowest BCUT2D eigenvalue weighted by atomic mass is 10.2. The van der Waals surface area contributed by atoms with Gasteiger partial charge in [0.2, 0.25) is 5.82 Å². The average molecular weight is 289 g/mol. The molecule has 0 aromatic heterocycles. The molecule has 2 aromatic rings. The maximum absolute atomic E-state index is 13.3. The summed E-state index contributed by atoms with van der Waals surface area (Å²) in [5.41, 5.74) is -1.53. The van der Waals surface area contributed by atoms with E-state index in [2.05, 4.69) is 4.99 Å². The Hall–Kier alpha value is -2.31. The monoisotopic (exact) mass is 289 g/mol. The van der Waals surface area contributed by atoms with Crippen molar-refractivity contribution >= 4 is 11.9 Å². The fourth-order valence-electron chi connectivity index (χ4n) is 1.43. The van der Waals surface area contributed by atoms with Crippen molar-refractivity contribution in [3.8, 4) is 0 Å². The summed E-state index contributed by atoms with van der Waals surface area (Å²) in [5.74, 6) is -11.3. The van der Waals surface area contributed by atoms with Crippen molar-refractivity contribution < 1.29 is 26.3 Å². The van der Waals surface area contributed by atoms with E-state index in [0.717, 1.165) is 6.07 Å². The van der Waals surface area contributed by atoms with Crippen LogP contribution in [0, 0.1) is 34.9 Å². The zero-order valence-corrected chi connectivity index (χ0v) is 9.60. The molecule has 0 heterocycles. The Morgan fingerprint density at radius 3 is 1.75 bits per heavy atom. The van der Waals surface area contributed by atoms with Crippen molar-refractivity contribution in [2.45, 2.75) is 0 Å². The third-order valence-corrected chi connectivity index (χ3v) is 2.43. The number of halogens is 6. The molecule has 0 spiro atoms. The molecule has 0 saturated carbocycles. The molecular formula is C13H5F6N. The fraction of sp³-hybridized carbons (Fsp3) is 0. The van der Waals surface area contributed by atoms with Crippen LogP contribution in [0.25, 0.3) is 0 Å². The highest BCUT2D eigenvalue weighted by molar-refractivity contribution is 5.82. The molecule has 0 aliphatic carbocycles. The molecule has 0 radical (unpaired) electrons. The number of hydrogen-bond acceptors (Lipinski definition) is 1. The van der Waals surface area contributed by atoms with E-state index in [1.165, 1.54) is 18.2 Å². The molecule has 2 aromatic carbocycles. The summed E-state index contributed by atoms with van der Waals surface area (Å²) >= 11 is 0. The van der Waals surface area contributed by atoms with Gasteiger partial charge >= 0.3 is 0 Å². The van der Waals surface area contributed by atoms with Crippen LogP contribution < -0.4 is 0 Å². The quantitative estimate of drug-likeness (QED) is 0.339. The summed E-state index contributed by atoms with van der Waals surface area (Å²) in [6.45, 7) is 0. The third kappa shape index (κ3) is 2.38. The average Bonchev–Trinajstić information content (AvgIpc) is 2.45. The molecule has 0 fully saturated rings. The zero-order valence-electron chi connectivity index (χ0n) is 9.60. The van der Waals surface area contributed by atoms with E-state index >= 15 is 0 Å². The summed E-state index contributed by atoms with van der Waals surface area (Å²) in [6, 6.07) is 4.96. The van der Waals surface area contributed by atoms with E-state index in [-0.39, 0.29) is 5.69 Å². The van der Waals surface area contributed by atoms with Gasteiger partial charge < -0.3 is 0 Å². The van der Waals surface area contributed by atoms with E-state index in [4.69, 9.17) is 0 Å². The van der Waals surface area contributed by atoms with Crippen LogP contribution >= 0.6 is 0 Å². The Morgan fingerprint density at radius 1 is 0.700 bits per heavy atom. The van der Waals surface area contributed by atoms with Crippen LogP contribution in [0.1, 0.15) is 5.56 Å². The molecule has 0 amide bonds. The van der Waals surface area contributed by atoms with Gasteiger partial charge in [-0.25, -0.2) is 26.3 Å². The summed E-state index contributed by atoms with van der Waals surface area (Å²) in [4.78, 5) is 3.37. The Morgan fingerprint density at radius 2 is 1.20 bits per heavy atom. The second-order valence-electron chi connectivity index (χ2n) is 3.69. The number of rotatable bonds is 2. The van der Waals surface area contributed by atoms with Crippen LogP contribution in [0.4, 0.5) is 32.0 Å². The summed E-state index contributed by atoms with van der Waals surface area (Å²) in [6.07, 6.45) is 0.384. The first-order chi connectivity index (χ1) is 9.43. The number of para-hydroxylation sites is 1. The largest absolute Gasteiger partial charge is 0.253 e. The molecular weight excluding hydrogens is 284 g/mol. The summed E-state index contributed by atoms with van der Waals surface area (Å²) in [7, 11) is 0. The topological polar surface area (TPSA) is 12.4 Å². The highest BCUT2D eigenvalue weighted by Crippen LogP contribution is 2.23. The fourth-order valence-corrected chi connectivity index (χ4v) is 1.43. The van der Waals surface area contributed by atoms with Gasteiger partial charge in [0.05, 0.1) is 11.3 Å². The minimum atomic E-state index is -2.26. The van der Waals surface area contributed by atoms with Crippen molar-refractivity contribution in [3.05, 3.63) is 64.7 Å². The molecule has 0 saturated heterocycles. The second-order valence-corrected chi connectivity index (χ2v) is 3.69. The smallest absolute Gasteiger partial charge is 0.200 e. The van der Waals surface area contributed by atoms with E-state index in [1.807, 2.05) is 0 Å². The van der Waals surface area contributed by atoms with E-state index in [0.29, 0.717) is 6.21 Å². The molecule has 2 rings (SSSR count). The Labute approximate surface area is 109 Å². The van der Waals surface area contributed by atoms with Gasteiger partial charge in [-0.1, -0.05) is 12.1 Å². The minimum absolute atomic E-state index is 0.295. The van der Waals surface area contributed by atoms with Gasteiger partial charge in [0.1, 0.15) is 5.82 Å². The Bertz CT molecular complexity index is 666. The van der Waals surface area contributed by atoms with Gasteiger partial charge in [-0.15, -0.1) is 0 Å². The molecule has 0 atom stereocenters. The molecule has 104 valence electrons. The van der Waals surface area contributed by atoms with Gasteiger partial charge in [-0.2, -0.15) is 0 Å². The molecule has 0 aliphatic heterocycles. The highest BCUT2D eigenvalue weighted by atomic mass is 19.2. The molecule has 0 bridgehead atoms. The van der Waals surface area contributed by atoms with Crippen molar-refractivity contribution in [3.63, 3.8) is 0 Å². The van der Waals surface area contributed by atoms with Gasteiger partial charge in [-0.05, 0) is 12.1 Å². The van der Waals surface area contributed by atoms with Gasteiger partial charge in [-0.3, -0.25) is 4.99 Å². The Kier molecular flexibility index (Phi) is 3.78. The molecule has 7 heteroatoms. The molecule has 0 N–H and O–H groups in total. The third-order valence-electron chi connectivity index (χ3n) is 2.43. The number of hydrogen-bond donors (Lipinski definition) is 0. The van der Waals surface area contributed by atoms with Gasteiger partial charge in [0.15, 0.2) is 23.3 Å². The number of aliphatic imine (C=N–C) groups is 1. The maximum Gasteiger partial charge on any atom is 0.200 e. The lowest BCUT2D eigenvalue weighted by Crippen LogP contribution is -2.06. The first-order valence-electron chi connectivity index (χ1n) is 5.23. The van der Waals surface area contributed by atoms with Gasteiger partial charge in [0, 0.05) is 6.21 Å². The van der Waals surface area contributed by atoms with E-state index < -0.39 is 40.5 Å². The normalized spacial score (nSPS) is 11.3. The van der Waals surface area contributed by atoms with Crippen LogP contribution in [-0.2, 0) is 0 Å². The van der Waals surface area contributed by atoms with Crippen molar-refractivity contribution in [2.24, 2.45) is 4.99 Å². The summed E-state index contributed by atoms with van der Waals surface area (Å²) < 4.78 is 78.4. The predicted octanol–water partition coefficient (Wildman–Crippen LogP) is 4.27. The van der Waals surface area contributed by atoms with Crippen LogP contribution in [0.15, 0.2) is 29.3 Å². The number of nitrogens with zero attached hydrogens (tertiary/aromatic N) is 1. The molecule has 0 aliphatic rings. The first kappa shape index (κ1) is 14.1. The lowest BCUT2D eigenvalue weighted by molar-refractivity contribution is 0.377. The van der Waals surface area contributed by atoms with E-state index in [9.17, 15) is 26.3 Å². The second kappa shape index (κ2) is 5.36. The van der Waals surface area contributed by atoms with Gasteiger partial charge in [0.25, 0.3) is 0 Å². The molecule has 20 heavy (non-hydrogen) atoms. The molecule has 0 unspecified atom stereocenters. The van der Waals surface area contributed by atoms with Crippen LogP contribution in [-0.4, -0.2) is 6.21 Å². The van der Waals surface area contributed by atoms with E-state index in [1.54, 1.807) is 0 Å². The maximum atomic E-state index is 13.3. The van der Waals surface area contributed by atoms with Crippen LogP contribution in [0.5, 0.6) is 0 Å². The first-order valence-corrected chi connectivity index (χ1v) is 5.23. The SMILES string of the molecule is Fc1ccccc1N=Cc1c(F)c(F)c(F)c(F)c1F. The summed E-state index contributed by atoms with van der Waals surface area (Å²) in [5, 5.41) is 0. The van der Waals surface area contributed by atoms with Crippen molar-refractivity contribution in [1.82, 2.24) is 0 Å². The molecule has 1 nitrogen and oxygen atoms in total. The van der Waals surface area contributed by atoms with Crippen molar-refractivity contribution in [2.75, 3.05) is 0 Å².